The molecule has 0 atom stereocenters. The van der Waals surface area contributed by atoms with E-state index in [-0.39, 0.29) is 0 Å². The van der Waals surface area contributed by atoms with Gasteiger partial charge in [0.15, 0.2) is 0 Å². The molecule has 1 aliphatic carbocycles. The number of aromatic nitrogens is 1. The van der Waals surface area contributed by atoms with Gasteiger partial charge in [-0.05, 0) is 39.5 Å². The van der Waals surface area contributed by atoms with E-state index in [0.717, 1.165) is 19.4 Å². The predicted molar refractivity (Wildman–Crippen MR) is 70.3 cm³/mol. The lowest BCUT2D eigenvalue weighted by Crippen LogP contribution is -2.32. The molecule has 0 radical (unpaired) electrons. The molecule has 1 fully saturated rings. The molecule has 0 bridgehead atoms. The quantitative estimate of drug-likeness (QED) is 0.841. The van der Waals surface area contributed by atoms with E-state index in [4.69, 9.17) is 11.6 Å². The summed E-state index contributed by atoms with van der Waals surface area (Å²) >= 11 is 7.89. The Morgan fingerprint density at radius 3 is 2.56 bits per heavy atom. The smallest absolute Gasteiger partial charge is 0.107 e. The largest absolute Gasteiger partial charge is 0.308 e. The van der Waals surface area contributed by atoms with Crippen molar-refractivity contribution < 1.29 is 0 Å². The Balaban J connectivity index is 1.79. The summed E-state index contributed by atoms with van der Waals surface area (Å²) in [6, 6.07) is 0.638. The van der Waals surface area contributed by atoms with Gasteiger partial charge in [-0.15, -0.1) is 22.9 Å². The van der Waals surface area contributed by atoms with Crippen LogP contribution in [0.1, 0.15) is 41.3 Å². The van der Waals surface area contributed by atoms with Crippen LogP contribution in [0.2, 0.25) is 0 Å². The van der Waals surface area contributed by atoms with Crippen LogP contribution in [0.15, 0.2) is 0 Å². The molecule has 1 heterocycles. The molecule has 0 amide bonds. The second-order valence-corrected chi connectivity index (χ2v) is 6.48. The lowest BCUT2D eigenvalue weighted by Gasteiger charge is -2.25. The van der Waals surface area contributed by atoms with Crippen LogP contribution in [-0.2, 0) is 6.54 Å². The van der Waals surface area contributed by atoms with Crippen molar-refractivity contribution in [2.45, 2.75) is 57.5 Å². The fraction of sp³-hybridized carbons (Fsp3) is 0.750. The summed E-state index contributed by atoms with van der Waals surface area (Å²) in [5.74, 6) is 0. The SMILES string of the molecule is Cc1nc(CNC2CCC(Cl)CC2)sc1C. The minimum atomic E-state index is 0.405. The van der Waals surface area contributed by atoms with Gasteiger partial charge in [-0.2, -0.15) is 0 Å². The molecule has 2 nitrogen and oxygen atoms in total. The maximum absolute atomic E-state index is 6.09. The minimum Gasteiger partial charge on any atom is -0.308 e. The maximum atomic E-state index is 6.09. The van der Waals surface area contributed by atoms with Crippen molar-refractivity contribution in [1.29, 1.82) is 0 Å². The molecule has 1 aromatic heterocycles. The van der Waals surface area contributed by atoms with Gasteiger partial charge in [-0.25, -0.2) is 4.98 Å². The van der Waals surface area contributed by atoms with Crippen LogP contribution in [0, 0.1) is 13.8 Å². The normalized spacial score (nSPS) is 25.9. The molecule has 1 N–H and O–H groups in total. The molecule has 0 aliphatic heterocycles. The summed E-state index contributed by atoms with van der Waals surface area (Å²) < 4.78 is 0. The van der Waals surface area contributed by atoms with E-state index < -0.39 is 0 Å². The van der Waals surface area contributed by atoms with E-state index in [1.54, 1.807) is 11.3 Å². The van der Waals surface area contributed by atoms with E-state index in [0.29, 0.717) is 11.4 Å². The Morgan fingerprint density at radius 1 is 1.31 bits per heavy atom. The van der Waals surface area contributed by atoms with Gasteiger partial charge in [0.05, 0.1) is 5.69 Å². The molecular formula is C12H19ClN2S. The van der Waals surface area contributed by atoms with Crippen LogP contribution < -0.4 is 5.32 Å². The monoisotopic (exact) mass is 258 g/mol. The van der Waals surface area contributed by atoms with E-state index in [1.165, 1.54) is 28.4 Å². The number of aryl methyl sites for hydroxylation is 2. The lowest BCUT2D eigenvalue weighted by molar-refractivity contribution is 0.376. The molecule has 0 unspecified atom stereocenters. The summed E-state index contributed by atoms with van der Waals surface area (Å²) in [5.41, 5.74) is 1.17. The Hall–Kier alpha value is -0.120. The summed E-state index contributed by atoms with van der Waals surface area (Å²) in [6.45, 7) is 5.13. The van der Waals surface area contributed by atoms with Gasteiger partial charge in [0, 0.05) is 22.8 Å². The summed E-state index contributed by atoms with van der Waals surface area (Å²) in [7, 11) is 0. The zero-order valence-corrected chi connectivity index (χ0v) is 11.5. The van der Waals surface area contributed by atoms with E-state index in [2.05, 4.69) is 24.1 Å². The third-order valence-corrected chi connectivity index (χ3v) is 4.78. The van der Waals surface area contributed by atoms with E-state index >= 15 is 0 Å². The minimum absolute atomic E-state index is 0.405. The Kier molecular flexibility index (Phi) is 4.22. The van der Waals surface area contributed by atoms with Crippen molar-refractivity contribution in [3.05, 3.63) is 15.6 Å². The topological polar surface area (TPSA) is 24.9 Å². The predicted octanol–water partition coefficient (Wildman–Crippen LogP) is 3.40. The summed E-state index contributed by atoms with van der Waals surface area (Å²) in [4.78, 5) is 5.87. The van der Waals surface area contributed by atoms with E-state index in [1.807, 2.05) is 0 Å². The molecule has 1 aliphatic rings. The van der Waals surface area contributed by atoms with Crippen LogP contribution in [0.25, 0.3) is 0 Å². The van der Waals surface area contributed by atoms with Crippen molar-refractivity contribution in [1.82, 2.24) is 10.3 Å². The summed E-state index contributed by atoms with van der Waals surface area (Å²) in [6.07, 6.45) is 4.71. The van der Waals surface area contributed by atoms with Gasteiger partial charge in [0.1, 0.15) is 5.01 Å². The van der Waals surface area contributed by atoms with Crippen LogP contribution in [0.4, 0.5) is 0 Å². The fourth-order valence-corrected chi connectivity index (χ4v) is 3.24. The van der Waals surface area contributed by atoms with Crippen molar-refractivity contribution >= 4 is 22.9 Å². The highest BCUT2D eigenvalue weighted by atomic mass is 35.5. The van der Waals surface area contributed by atoms with Gasteiger partial charge in [0.25, 0.3) is 0 Å². The van der Waals surface area contributed by atoms with Crippen molar-refractivity contribution in [3.8, 4) is 0 Å². The first kappa shape index (κ1) is 12.3. The molecule has 0 saturated heterocycles. The van der Waals surface area contributed by atoms with Crippen LogP contribution >= 0.6 is 22.9 Å². The highest BCUT2D eigenvalue weighted by Crippen LogP contribution is 2.23. The zero-order valence-electron chi connectivity index (χ0n) is 9.92. The number of alkyl halides is 1. The average Bonchev–Trinajstić information content (AvgIpc) is 2.58. The molecular weight excluding hydrogens is 240 g/mol. The first-order valence-corrected chi connectivity index (χ1v) is 7.21. The molecule has 1 saturated carbocycles. The van der Waals surface area contributed by atoms with Crippen molar-refractivity contribution in [2.24, 2.45) is 0 Å². The fourth-order valence-electron chi connectivity index (χ4n) is 2.10. The molecule has 90 valence electrons. The van der Waals surface area contributed by atoms with Gasteiger partial charge >= 0.3 is 0 Å². The second kappa shape index (κ2) is 5.48. The number of hydrogen-bond donors (Lipinski definition) is 1. The molecule has 4 heteroatoms. The molecule has 1 aromatic rings. The maximum Gasteiger partial charge on any atom is 0.107 e. The Labute approximate surface area is 106 Å². The highest BCUT2D eigenvalue weighted by Gasteiger charge is 2.19. The number of thiazole rings is 1. The van der Waals surface area contributed by atoms with Crippen LogP contribution in [-0.4, -0.2) is 16.4 Å². The van der Waals surface area contributed by atoms with Gasteiger partial charge in [-0.3, -0.25) is 0 Å². The Bertz CT molecular complexity index is 323. The van der Waals surface area contributed by atoms with Gasteiger partial charge in [-0.1, -0.05) is 0 Å². The first-order valence-electron chi connectivity index (χ1n) is 5.95. The number of rotatable bonds is 3. The number of halogens is 1. The molecule has 2 rings (SSSR count). The standard InChI is InChI=1S/C12H19ClN2S/c1-8-9(2)16-12(15-8)7-14-11-5-3-10(13)4-6-11/h10-11,14H,3-7H2,1-2H3. The number of nitrogens with one attached hydrogen (secondary N) is 1. The van der Waals surface area contributed by atoms with Crippen LogP contribution in [0.3, 0.4) is 0 Å². The number of nitrogens with zero attached hydrogens (tertiary/aromatic N) is 1. The first-order chi connectivity index (χ1) is 7.65. The second-order valence-electron chi connectivity index (χ2n) is 4.58. The average molecular weight is 259 g/mol. The van der Waals surface area contributed by atoms with E-state index in [9.17, 15) is 0 Å². The van der Waals surface area contributed by atoms with Crippen molar-refractivity contribution in [2.75, 3.05) is 0 Å². The third kappa shape index (κ3) is 3.19. The summed E-state index contributed by atoms with van der Waals surface area (Å²) in [5, 5.41) is 5.20. The zero-order chi connectivity index (χ0) is 11.5. The molecule has 16 heavy (non-hydrogen) atoms. The van der Waals surface area contributed by atoms with Crippen LogP contribution in [0.5, 0.6) is 0 Å². The third-order valence-electron chi connectivity index (χ3n) is 3.27. The van der Waals surface area contributed by atoms with Crippen molar-refractivity contribution in [3.63, 3.8) is 0 Å². The van der Waals surface area contributed by atoms with Gasteiger partial charge in [0.2, 0.25) is 0 Å². The number of hydrogen-bond acceptors (Lipinski definition) is 3. The molecule has 0 spiro atoms. The molecule has 0 aromatic carbocycles. The highest BCUT2D eigenvalue weighted by molar-refractivity contribution is 7.11. The lowest BCUT2D eigenvalue weighted by atomic mass is 9.95. The Morgan fingerprint density at radius 2 is 2.00 bits per heavy atom. The van der Waals surface area contributed by atoms with Gasteiger partial charge < -0.3 is 5.32 Å².